The maximum atomic E-state index is 12.1. The lowest BCUT2D eigenvalue weighted by molar-refractivity contribution is -0.137. The summed E-state index contributed by atoms with van der Waals surface area (Å²) in [6, 6.07) is 2.20. The van der Waals surface area contributed by atoms with Gasteiger partial charge in [-0.1, -0.05) is 494 Å². The summed E-state index contributed by atoms with van der Waals surface area (Å²) >= 11 is 3.47. The summed E-state index contributed by atoms with van der Waals surface area (Å²) in [7, 11) is -1.95. The van der Waals surface area contributed by atoms with Gasteiger partial charge < -0.3 is 10.2 Å². The van der Waals surface area contributed by atoms with Gasteiger partial charge >= 0.3 is 5.97 Å². The second kappa shape index (κ2) is 146. The van der Waals surface area contributed by atoms with Crippen LogP contribution in [0.3, 0.4) is 0 Å². The van der Waals surface area contributed by atoms with Crippen LogP contribution in [0.25, 0.3) is 0 Å². The van der Waals surface area contributed by atoms with E-state index in [1.165, 1.54) is 283 Å². The lowest BCUT2D eigenvalue weighted by Gasteiger charge is -2.03. The minimum absolute atomic E-state index is 0.319. The highest BCUT2D eigenvalue weighted by molar-refractivity contribution is 9.09. The second-order valence-corrected chi connectivity index (χ2v) is 43.0. The summed E-state index contributed by atoms with van der Waals surface area (Å²) in [4.78, 5) is 22.4. The van der Waals surface area contributed by atoms with Gasteiger partial charge in [-0.2, -0.15) is 13.7 Å². The molecule has 14 heteroatoms. The number of unbranched alkanes of at least 4 members (excludes halogenated alkanes) is 48. The van der Waals surface area contributed by atoms with Crippen molar-refractivity contribution >= 4 is 57.5 Å². The van der Waals surface area contributed by atoms with Gasteiger partial charge in [0, 0.05) is 48.3 Å². The number of Topliss-reactive ketones (excluding diaryl/α,β-unsaturated/α-hetero) is 1. The van der Waals surface area contributed by atoms with Crippen molar-refractivity contribution in [3.8, 4) is 6.07 Å². The van der Waals surface area contributed by atoms with Crippen molar-refractivity contribution < 1.29 is 40.8 Å². The Kier molecular flexibility index (Phi) is 153. The van der Waals surface area contributed by atoms with E-state index in [9.17, 15) is 26.4 Å². The fourth-order valence-corrected chi connectivity index (χ4v) is 15.4. The molecule has 0 radical (unpaired) electrons. The van der Waals surface area contributed by atoms with Gasteiger partial charge in [-0.25, -0.2) is 8.42 Å². The average molecular weight is 2130 g/mol. The van der Waals surface area contributed by atoms with Crippen molar-refractivity contribution in [2.75, 3.05) is 31.1 Å². The maximum Gasteiger partial charge on any atom is 0.303 e. The quantitative estimate of drug-likeness (QED) is 0.0196. The van der Waals surface area contributed by atoms with Crippen molar-refractivity contribution in [3.63, 3.8) is 0 Å². The van der Waals surface area contributed by atoms with E-state index in [1.807, 2.05) is 0 Å². The van der Waals surface area contributed by atoms with Crippen LogP contribution in [0.4, 0.5) is 0 Å². The van der Waals surface area contributed by atoms with Crippen LogP contribution >= 0.6 is 26.6 Å². The van der Waals surface area contributed by atoms with E-state index in [-0.39, 0.29) is 0 Å². The van der Waals surface area contributed by atoms with Crippen LogP contribution in [0, 0.1) is 11.3 Å². The van der Waals surface area contributed by atoms with Crippen LogP contribution in [-0.4, -0.2) is 69.9 Å². The first-order valence-electron chi connectivity index (χ1n) is 58.7. The van der Waals surface area contributed by atoms with Gasteiger partial charge in [-0.05, 0) is 270 Å². The summed E-state index contributed by atoms with van der Waals surface area (Å²) < 4.78 is 45.0. The number of aliphatic hydroxyl groups is 1. The number of alkyl halides is 1. The molecule has 0 unspecified atom stereocenters. The molecule has 832 valence electrons. The Hall–Kier alpha value is -5.72. The molecule has 0 fully saturated rings. The lowest BCUT2D eigenvalue weighted by Crippen LogP contribution is -2.03. The van der Waals surface area contributed by atoms with Crippen molar-refractivity contribution in [1.82, 2.24) is 0 Å². The number of carboxylic acids is 1. The topological polar surface area (TPSA) is 176 Å². The standard InChI is InChI=1S/C37H64O.C19H33N.C19H34O3S.C18H31Br.C18H30O2.C18H32O.CH3ClO2S/c1-3-5-7-9-11-13-15-17-19-21-23-25-27-29-31-33-35-37(38)36-34-32-30-28-26-24-22-20-18-16-14-12-10-8-6-4-2;1-2-3-4-5-6-7-8-9-10-11-12-13-14-15-16-17-18-19-20;1-3-4-5-6-7-8-9-10-11-12-13-14-15-16-17-18-19-22-23(2,20)21;1-2-3-4-5-6-7-8-9-10-11-12-13-14-15-16-17-18-19;1-2-3-4-5-6-7-8-9-10-11-12-13-14-15-16-17-18(19)20;1-2-3-4-5-6-7-8-9-10-11-12-13-14-15-16-17-18-19;1-5(2,3)4/h5,7,11-14,17-20H,3-4,6,8-10,15-16,21-36H2,1-2H3;6-7,9-10H,2-5,8,11-18H2,1H3;4-5,7-8,10-11H,3,6,9,12-19H2,1-2H3;3-4,6-7,9-10H,2,5,8,11-18H2,1H3;3-4,6-7,9-10H,2,5,8,11-17H2,1H3,(H,19,20);3-4,6-7,9-10,19H,2,5,8,11-18H2,1H3;1H3/b7-5-,13-11-,14-12-,19-17-,20-18-;7-6-,10-9-;5-4-,8-7-,11-10-;3*4-3-,7-6-,10-9-;. The summed E-state index contributed by atoms with van der Waals surface area (Å²) in [5.41, 5.74) is 0. The number of ketones is 1. The Morgan fingerprint density at radius 2 is 0.444 bits per heavy atom. The first kappa shape index (κ1) is 151. The van der Waals surface area contributed by atoms with Gasteiger partial charge in [-0.15, -0.1) is 0 Å². The second-order valence-electron chi connectivity index (χ2n) is 37.5. The number of nitrogens with zero attached hydrogens (tertiary/aromatic N) is 1. The maximum absolute atomic E-state index is 12.1. The van der Waals surface area contributed by atoms with Crippen LogP contribution < -0.4 is 0 Å². The van der Waals surface area contributed by atoms with Gasteiger partial charge in [0.05, 0.1) is 25.2 Å². The predicted molar refractivity (Wildman–Crippen MR) is 650 cm³/mol. The average Bonchev–Trinajstić information content (AvgIpc) is 0.998. The number of rotatable bonds is 97. The summed E-state index contributed by atoms with van der Waals surface area (Å²) in [5.74, 6) is -0.179. The molecule has 144 heavy (non-hydrogen) atoms. The highest BCUT2D eigenvalue weighted by Crippen LogP contribution is 2.18. The van der Waals surface area contributed by atoms with Gasteiger partial charge in [0.25, 0.3) is 10.1 Å². The highest BCUT2D eigenvalue weighted by Gasteiger charge is 2.05. The van der Waals surface area contributed by atoms with Gasteiger partial charge in [0.15, 0.2) is 0 Å². The number of carbonyl (C=O) groups is 2. The fourth-order valence-electron chi connectivity index (χ4n) is 14.5. The highest BCUT2D eigenvalue weighted by atomic mass is 79.9. The Bertz CT molecular complexity index is 3380. The van der Waals surface area contributed by atoms with Crippen LogP contribution in [0.2, 0.25) is 0 Å². The number of hydrogen-bond acceptors (Lipinski definition) is 9. The largest absolute Gasteiger partial charge is 0.481 e. The molecule has 0 aromatic heterocycles. The van der Waals surface area contributed by atoms with Gasteiger partial charge in [0.1, 0.15) is 5.78 Å². The van der Waals surface area contributed by atoms with E-state index in [4.69, 9.17) is 19.7 Å². The Morgan fingerprint density at radius 1 is 0.264 bits per heavy atom. The third-order valence-electron chi connectivity index (χ3n) is 23.0. The summed E-state index contributed by atoms with van der Waals surface area (Å²) in [6.45, 7) is 16.0. The van der Waals surface area contributed by atoms with Crippen LogP contribution in [0.1, 0.15) is 543 Å². The molecule has 0 aliphatic carbocycles. The summed E-state index contributed by atoms with van der Waals surface area (Å²) in [6.07, 6.45) is 178. The van der Waals surface area contributed by atoms with E-state index in [0.717, 1.165) is 223 Å². The number of hydrogen-bond donors (Lipinski definition) is 2. The number of nitriles is 1. The lowest BCUT2D eigenvalue weighted by atomic mass is 10.0. The predicted octanol–water partition coefficient (Wildman–Crippen LogP) is 43.4. The van der Waals surface area contributed by atoms with E-state index < -0.39 is 25.1 Å². The molecule has 0 aliphatic heterocycles. The molecule has 0 aromatic carbocycles. The van der Waals surface area contributed by atoms with E-state index in [0.29, 0.717) is 25.4 Å². The molecule has 0 amide bonds. The Labute approximate surface area is 907 Å². The van der Waals surface area contributed by atoms with Crippen LogP contribution in [0.15, 0.2) is 231 Å². The number of allylic oxidation sites excluding steroid dienone is 38. The molecule has 0 atom stereocenters. The van der Waals surface area contributed by atoms with Crippen molar-refractivity contribution in [2.24, 2.45) is 0 Å². The fraction of sp³-hybridized carbons (Fsp3) is 0.685. The SMILES string of the molecule is CC/C=C\C/C=C\C/C=C\CCCCCCCC(=O)O.CC/C=C\C/C=C\C/C=C\CCCCCCCCBr.CC/C=C\C/C=C\C/C=C\CCCCCCCCC(=O)CCCCCCCC/C=C\C/C=C\CCCCC.CC/C=C\C/C=C\C/C=C\CCCCCCCCO.CC/C=C\C/C=C\C/C=C\CCCCCCCCOS(C)(=O)=O.CCCCC/C=C\C/C=C\CCCCCCCCC#N.CS(=O)(=O)Cl. The molecular weight excluding hydrogens is 1900 g/mol. The molecule has 2 N–H and O–H groups in total. The van der Waals surface area contributed by atoms with Gasteiger partial charge in [0.2, 0.25) is 9.05 Å². The molecular formula is C130H227BrClNO9S2. The van der Waals surface area contributed by atoms with E-state index >= 15 is 0 Å². The number of carbonyl (C=O) groups excluding carboxylic acids is 1. The number of aliphatic hydroxyl groups excluding tert-OH is 1. The molecule has 0 rings (SSSR count). The monoisotopic (exact) mass is 2120 g/mol. The smallest absolute Gasteiger partial charge is 0.303 e. The number of carboxylic acid groups (broad SMARTS) is 1. The zero-order valence-corrected chi connectivity index (χ0v) is 98.8. The third kappa shape index (κ3) is 184. The van der Waals surface area contributed by atoms with Crippen molar-refractivity contribution in [2.45, 2.75) is 543 Å². The first-order chi connectivity index (χ1) is 70.4. The molecule has 0 bridgehead atoms. The van der Waals surface area contributed by atoms with E-state index in [1.54, 1.807) is 0 Å². The zero-order chi connectivity index (χ0) is 107. The minimum atomic E-state index is -3.26. The van der Waals surface area contributed by atoms with Gasteiger partial charge in [-0.3, -0.25) is 13.8 Å². The number of halogens is 2. The Morgan fingerprint density at radius 3 is 0.646 bits per heavy atom. The van der Waals surface area contributed by atoms with Crippen LogP contribution in [0.5, 0.6) is 0 Å². The molecule has 0 heterocycles. The molecule has 0 saturated heterocycles. The molecule has 0 saturated carbocycles. The third-order valence-corrected chi connectivity index (χ3v) is 24.1. The zero-order valence-electron chi connectivity index (χ0n) is 94.8. The molecule has 0 aliphatic rings. The van der Waals surface area contributed by atoms with E-state index in [2.05, 4.69) is 312 Å². The number of aliphatic carboxylic acids is 1. The molecule has 0 spiro atoms. The Balaban J connectivity index is -0.000000316. The summed E-state index contributed by atoms with van der Waals surface area (Å²) in [5, 5.41) is 26.7. The normalized spacial score (nSPS) is 12.3. The van der Waals surface area contributed by atoms with Crippen LogP contribution in [-0.2, 0) is 32.9 Å². The molecule has 0 aromatic rings. The molecule has 10 nitrogen and oxygen atoms in total. The first-order valence-corrected chi connectivity index (χ1v) is 64.4. The minimum Gasteiger partial charge on any atom is -0.481 e. The van der Waals surface area contributed by atoms with Crippen molar-refractivity contribution in [3.05, 3.63) is 231 Å². The van der Waals surface area contributed by atoms with Crippen molar-refractivity contribution in [1.29, 1.82) is 5.26 Å².